The van der Waals surface area contributed by atoms with Crippen LogP contribution in [0.2, 0.25) is 0 Å². The van der Waals surface area contributed by atoms with Crippen molar-refractivity contribution in [1.82, 2.24) is 9.97 Å². The Morgan fingerprint density at radius 2 is 1.95 bits per heavy atom. The number of rotatable bonds is 8. The normalized spacial score (nSPS) is 11.2. The Kier molecular flexibility index (Phi) is 7.15. The van der Waals surface area contributed by atoms with Gasteiger partial charge in [-0.05, 0) is 13.3 Å². The second-order valence-electron chi connectivity index (χ2n) is 4.47. The summed E-state index contributed by atoms with van der Waals surface area (Å²) in [6.07, 6.45) is 3.75. The number of methoxy groups -OCH3 is 2. The molecular weight excluding hydrogens is 288 g/mol. The number of aromatic amines is 1. The van der Waals surface area contributed by atoms with Crippen molar-refractivity contribution in [2.24, 2.45) is 0 Å². The first-order valence-electron chi connectivity index (χ1n) is 7.17. The van der Waals surface area contributed by atoms with Crippen molar-refractivity contribution in [2.75, 3.05) is 20.8 Å². The van der Waals surface area contributed by atoms with E-state index >= 15 is 0 Å². The Morgan fingerprint density at radius 1 is 1.23 bits per heavy atom. The largest absolute Gasteiger partial charge is 0.476 e. The van der Waals surface area contributed by atoms with Crippen molar-refractivity contribution in [2.45, 2.75) is 33.1 Å². The highest BCUT2D eigenvalue weighted by Gasteiger charge is 2.23. The zero-order chi connectivity index (χ0) is 16.5. The van der Waals surface area contributed by atoms with Gasteiger partial charge in [0.25, 0.3) is 0 Å². The third-order valence-electron chi connectivity index (χ3n) is 2.91. The van der Waals surface area contributed by atoms with Gasteiger partial charge in [0.05, 0.1) is 26.4 Å². The van der Waals surface area contributed by atoms with Gasteiger partial charge in [-0.25, -0.2) is 9.59 Å². The minimum atomic E-state index is -0.669. The number of imidazole rings is 1. The first kappa shape index (κ1) is 17.7. The Balaban J connectivity index is 3.26. The minimum absolute atomic E-state index is 0.0213. The number of nitrogens with zero attached hydrogens (tertiary/aromatic N) is 1. The molecule has 0 fully saturated rings. The van der Waals surface area contributed by atoms with Crippen LogP contribution in [0.25, 0.3) is 5.57 Å². The molecule has 0 atom stereocenters. The van der Waals surface area contributed by atoms with Gasteiger partial charge in [0.15, 0.2) is 0 Å². The lowest BCUT2D eigenvalue weighted by molar-refractivity contribution is -0.136. The summed E-state index contributed by atoms with van der Waals surface area (Å²) in [4.78, 5) is 30.8. The van der Waals surface area contributed by atoms with Crippen molar-refractivity contribution >= 4 is 17.5 Å². The van der Waals surface area contributed by atoms with E-state index in [1.54, 1.807) is 0 Å². The maximum absolute atomic E-state index is 11.9. The summed E-state index contributed by atoms with van der Waals surface area (Å²) in [5.41, 5.74) is 0.346. The van der Waals surface area contributed by atoms with Crippen LogP contribution in [0.3, 0.4) is 0 Å². The lowest BCUT2D eigenvalue weighted by Gasteiger charge is -2.06. The van der Waals surface area contributed by atoms with Crippen molar-refractivity contribution < 1.29 is 23.8 Å². The van der Waals surface area contributed by atoms with Crippen LogP contribution < -0.4 is 4.74 Å². The molecule has 22 heavy (non-hydrogen) atoms. The summed E-state index contributed by atoms with van der Waals surface area (Å²) in [5, 5.41) is 0. The van der Waals surface area contributed by atoms with Gasteiger partial charge < -0.3 is 19.2 Å². The molecule has 0 saturated heterocycles. The minimum Gasteiger partial charge on any atom is -0.476 e. The van der Waals surface area contributed by atoms with Gasteiger partial charge in [-0.3, -0.25) is 0 Å². The SMILES string of the molecule is CCCCc1nc(OCC)c(/C(=C\C(=O)OC)C(=O)OC)[nH]1. The number of esters is 2. The van der Waals surface area contributed by atoms with E-state index in [4.69, 9.17) is 9.47 Å². The van der Waals surface area contributed by atoms with Crippen LogP contribution in [0.5, 0.6) is 5.88 Å². The van der Waals surface area contributed by atoms with Gasteiger partial charge in [0.1, 0.15) is 11.5 Å². The molecule has 0 amide bonds. The fourth-order valence-corrected chi connectivity index (χ4v) is 1.81. The third kappa shape index (κ3) is 4.61. The smallest absolute Gasteiger partial charge is 0.340 e. The number of hydrogen-bond donors (Lipinski definition) is 1. The first-order valence-corrected chi connectivity index (χ1v) is 7.17. The number of ether oxygens (including phenoxy) is 3. The Bertz CT molecular complexity index is 548. The number of aryl methyl sites for hydroxylation is 1. The van der Waals surface area contributed by atoms with Gasteiger partial charge in [0, 0.05) is 12.5 Å². The molecule has 7 nitrogen and oxygen atoms in total. The molecule has 7 heteroatoms. The quantitative estimate of drug-likeness (QED) is 0.582. The molecule has 0 aliphatic rings. The summed E-state index contributed by atoms with van der Waals surface area (Å²) >= 11 is 0. The fraction of sp³-hybridized carbons (Fsp3) is 0.533. The number of carbonyl (C=O) groups is 2. The van der Waals surface area contributed by atoms with Crippen LogP contribution in [0.4, 0.5) is 0 Å². The zero-order valence-electron chi connectivity index (χ0n) is 13.4. The van der Waals surface area contributed by atoms with E-state index in [1.165, 1.54) is 14.2 Å². The number of nitrogens with one attached hydrogen (secondary N) is 1. The van der Waals surface area contributed by atoms with E-state index in [0.29, 0.717) is 18.1 Å². The monoisotopic (exact) mass is 310 g/mol. The summed E-state index contributed by atoms with van der Waals surface area (Å²) in [7, 11) is 2.47. The Labute approximate surface area is 129 Å². The standard InChI is InChI=1S/C15H22N2O5/c1-5-7-8-11-16-13(14(17-11)22-6-2)10(15(19)21-4)9-12(18)20-3/h9H,5-8H2,1-4H3,(H,16,17)/b10-9+. The van der Waals surface area contributed by atoms with Crippen molar-refractivity contribution in [3.05, 3.63) is 17.6 Å². The molecule has 1 N–H and O–H groups in total. The van der Waals surface area contributed by atoms with Crippen LogP contribution in [0.15, 0.2) is 6.08 Å². The number of hydrogen-bond acceptors (Lipinski definition) is 6. The van der Waals surface area contributed by atoms with E-state index in [1.807, 2.05) is 6.92 Å². The van der Waals surface area contributed by atoms with E-state index in [9.17, 15) is 9.59 Å². The molecule has 0 unspecified atom stereocenters. The van der Waals surface area contributed by atoms with E-state index < -0.39 is 11.9 Å². The topological polar surface area (TPSA) is 90.5 Å². The van der Waals surface area contributed by atoms with E-state index in [0.717, 1.165) is 25.3 Å². The summed E-state index contributed by atoms with van der Waals surface area (Å²) in [5.74, 6) is -0.362. The molecule has 1 heterocycles. The molecule has 0 bridgehead atoms. The summed E-state index contributed by atoms with van der Waals surface area (Å²) < 4.78 is 14.7. The van der Waals surface area contributed by atoms with Crippen molar-refractivity contribution in [3.63, 3.8) is 0 Å². The second kappa shape index (κ2) is 8.86. The lowest BCUT2D eigenvalue weighted by Crippen LogP contribution is -2.09. The average molecular weight is 310 g/mol. The molecule has 1 aromatic rings. The molecular formula is C15H22N2O5. The predicted octanol–water partition coefficient (Wildman–Crippen LogP) is 1.88. The van der Waals surface area contributed by atoms with Gasteiger partial charge in [-0.15, -0.1) is 0 Å². The highest BCUT2D eigenvalue weighted by Crippen LogP contribution is 2.25. The van der Waals surface area contributed by atoms with Gasteiger partial charge in [-0.1, -0.05) is 13.3 Å². The molecule has 0 aliphatic heterocycles. The molecule has 1 rings (SSSR count). The molecule has 0 saturated carbocycles. The van der Waals surface area contributed by atoms with Crippen LogP contribution in [-0.4, -0.2) is 42.7 Å². The molecule has 0 aromatic carbocycles. The van der Waals surface area contributed by atoms with Crippen molar-refractivity contribution in [1.29, 1.82) is 0 Å². The highest BCUT2D eigenvalue weighted by atomic mass is 16.5. The average Bonchev–Trinajstić information content (AvgIpc) is 2.92. The Hall–Kier alpha value is -2.31. The van der Waals surface area contributed by atoms with Gasteiger partial charge in [-0.2, -0.15) is 4.98 Å². The summed E-state index contributed by atoms with van der Waals surface area (Å²) in [6.45, 7) is 4.27. The van der Waals surface area contributed by atoms with Gasteiger partial charge >= 0.3 is 11.9 Å². The first-order chi connectivity index (χ1) is 10.6. The number of H-pyrrole nitrogens is 1. The maximum atomic E-state index is 11.9. The zero-order valence-corrected chi connectivity index (χ0v) is 13.4. The van der Waals surface area contributed by atoms with Gasteiger partial charge in [0.2, 0.25) is 5.88 Å². The third-order valence-corrected chi connectivity index (χ3v) is 2.91. The number of aromatic nitrogens is 2. The predicted molar refractivity (Wildman–Crippen MR) is 80.4 cm³/mol. The summed E-state index contributed by atoms with van der Waals surface area (Å²) in [6, 6.07) is 0. The highest BCUT2D eigenvalue weighted by molar-refractivity contribution is 6.20. The van der Waals surface area contributed by atoms with Crippen molar-refractivity contribution in [3.8, 4) is 5.88 Å². The molecule has 0 aliphatic carbocycles. The second-order valence-corrected chi connectivity index (χ2v) is 4.47. The van der Waals surface area contributed by atoms with Crippen LogP contribution in [-0.2, 0) is 25.5 Å². The van der Waals surface area contributed by atoms with Crippen LogP contribution in [0, 0.1) is 0 Å². The molecule has 0 spiro atoms. The van der Waals surface area contributed by atoms with E-state index in [2.05, 4.69) is 21.6 Å². The molecule has 122 valence electrons. The lowest BCUT2D eigenvalue weighted by atomic mass is 10.2. The Morgan fingerprint density at radius 3 is 2.50 bits per heavy atom. The number of unbranched alkanes of at least 4 members (excludes halogenated alkanes) is 1. The maximum Gasteiger partial charge on any atom is 0.340 e. The van der Waals surface area contributed by atoms with E-state index in [-0.39, 0.29) is 11.5 Å². The van der Waals surface area contributed by atoms with Crippen LogP contribution in [0.1, 0.15) is 38.2 Å². The van der Waals surface area contributed by atoms with Crippen LogP contribution >= 0.6 is 0 Å². The molecule has 0 radical (unpaired) electrons. The fourth-order valence-electron chi connectivity index (χ4n) is 1.81. The molecule has 1 aromatic heterocycles. The number of carbonyl (C=O) groups excluding carboxylic acids is 2.